The molecular formula is C6H5Br2NOS. The van der Waals surface area contributed by atoms with Crippen molar-refractivity contribution in [1.82, 2.24) is 0 Å². The molecule has 0 saturated heterocycles. The molecule has 0 fully saturated rings. The molecule has 5 heteroatoms. The summed E-state index contributed by atoms with van der Waals surface area (Å²) in [6.45, 7) is 1.85. The van der Waals surface area contributed by atoms with Crippen LogP contribution in [-0.4, -0.2) is 5.91 Å². The minimum Gasteiger partial charge on any atom is -0.365 e. The third-order valence-electron chi connectivity index (χ3n) is 1.26. The SMILES string of the molecule is Cc1c(C(N)=O)sc(Br)c1Br. The van der Waals surface area contributed by atoms with Crippen LogP contribution in [0, 0.1) is 6.92 Å². The fourth-order valence-electron chi connectivity index (χ4n) is 0.693. The van der Waals surface area contributed by atoms with E-state index in [4.69, 9.17) is 5.73 Å². The molecule has 0 unspecified atom stereocenters. The molecule has 0 aliphatic heterocycles. The van der Waals surface area contributed by atoms with Gasteiger partial charge in [-0.2, -0.15) is 0 Å². The van der Waals surface area contributed by atoms with Crippen molar-refractivity contribution in [3.8, 4) is 0 Å². The number of halogens is 2. The lowest BCUT2D eigenvalue weighted by Crippen LogP contribution is -2.09. The van der Waals surface area contributed by atoms with Gasteiger partial charge >= 0.3 is 0 Å². The van der Waals surface area contributed by atoms with Gasteiger partial charge in [0.05, 0.1) is 8.66 Å². The second-order valence-electron chi connectivity index (χ2n) is 2.01. The van der Waals surface area contributed by atoms with Crippen LogP contribution in [0.15, 0.2) is 8.26 Å². The molecule has 1 rings (SSSR count). The van der Waals surface area contributed by atoms with Crippen LogP contribution in [0.25, 0.3) is 0 Å². The summed E-state index contributed by atoms with van der Waals surface area (Å²) in [5, 5.41) is 0. The average molecular weight is 299 g/mol. The zero-order valence-electron chi connectivity index (χ0n) is 5.65. The second kappa shape index (κ2) is 3.25. The molecule has 1 aromatic rings. The summed E-state index contributed by atoms with van der Waals surface area (Å²) >= 11 is 7.97. The number of nitrogens with two attached hydrogens (primary N) is 1. The van der Waals surface area contributed by atoms with E-state index in [2.05, 4.69) is 31.9 Å². The molecule has 0 aromatic carbocycles. The third-order valence-corrected chi connectivity index (χ3v) is 5.02. The van der Waals surface area contributed by atoms with Gasteiger partial charge in [0.2, 0.25) is 0 Å². The first kappa shape index (κ1) is 9.22. The summed E-state index contributed by atoms with van der Waals surface area (Å²) in [5.74, 6) is -0.376. The molecule has 0 radical (unpaired) electrons. The molecule has 0 aliphatic rings. The second-order valence-corrected chi connectivity index (χ2v) is 5.14. The van der Waals surface area contributed by atoms with E-state index in [0.717, 1.165) is 13.8 Å². The molecule has 2 nitrogen and oxygen atoms in total. The maximum Gasteiger partial charge on any atom is 0.259 e. The molecule has 1 heterocycles. The normalized spacial score (nSPS) is 10.1. The van der Waals surface area contributed by atoms with Crippen LogP contribution in [0.2, 0.25) is 0 Å². The standard InChI is InChI=1S/C6H5Br2NOS/c1-2-3(7)5(8)11-4(2)6(9)10/h1H3,(H2,9,10). The number of carbonyl (C=O) groups excluding carboxylic acids is 1. The van der Waals surface area contributed by atoms with Gasteiger partial charge in [0.1, 0.15) is 0 Å². The van der Waals surface area contributed by atoms with Gasteiger partial charge in [0, 0.05) is 4.47 Å². The van der Waals surface area contributed by atoms with E-state index in [1.54, 1.807) is 0 Å². The number of hydrogen-bond acceptors (Lipinski definition) is 2. The van der Waals surface area contributed by atoms with Gasteiger partial charge in [-0.1, -0.05) is 0 Å². The molecule has 0 saturated carbocycles. The van der Waals surface area contributed by atoms with Gasteiger partial charge in [0.25, 0.3) is 5.91 Å². The van der Waals surface area contributed by atoms with Gasteiger partial charge in [-0.05, 0) is 44.3 Å². The molecule has 60 valence electrons. The predicted molar refractivity (Wildman–Crippen MR) is 53.0 cm³/mol. The summed E-state index contributed by atoms with van der Waals surface area (Å²) in [6, 6.07) is 0. The van der Waals surface area contributed by atoms with Crippen molar-refractivity contribution in [2.24, 2.45) is 5.73 Å². The number of primary amides is 1. The lowest BCUT2D eigenvalue weighted by molar-refractivity contribution is 0.100. The molecular weight excluding hydrogens is 294 g/mol. The smallest absolute Gasteiger partial charge is 0.259 e. The molecule has 0 bridgehead atoms. The van der Waals surface area contributed by atoms with Crippen LogP contribution in [-0.2, 0) is 0 Å². The Balaban J connectivity index is 3.29. The van der Waals surface area contributed by atoms with Gasteiger partial charge in [-0.15, -0.1) is 11.3 Å². The maximum atomic E-state index is 10.8. The Labute approximate surface area is 85.0 Å². The highest BCUT2D eigenvalue weighted by Gasteiger charge is 2.14. The molecule has 0 aliphatic carbocycles. The van der Waals surface area contributed by atoms with Crippen LogP contribution in [0.5, 0.6) is 0 Å². The van der Waals surface area contributed by atoms with E-state index in [-0.39, 0.29) is 5.91 Å². The van der Waals surface area contributed by atoms with Crippen molar-refractivity contribution < 1.29 is 4.79 Å². The van der Waals surface area contributed by atoms with E-state index in [1.807, 2.05) is 6.92 Å². The zero-order chi connectivity index (χ0) is 8.59. The number of thiophene rings is 1. The van der Waals surface area contributed by atoms with Crippen LogP contribution in [0.1, 0.15) is 15.2 Å². The number of amides is 1. The number of rotatable bonds is 1. The molecule has 1 amide bonds. The van der Waals surface area contributed by atoms with Gasteiger partial charge in [-0.25, -0.2) is 0 Å². The Kier molecular flexibility index (Phi) is 2.72. The minimum absolute atomic E-state index is 0.376. The van der Waals surface area contributed by atoms with Crippen molar-refractivity contribution >= 4 is 49.1 Å². The van der Waals surface area contributed by atoms with Gasteiger partial charge < -0.3 is 5.73 Å². The topological polar surface area (TPSA) is 43.1 Å². The molecule has 11 heavy (non-hydrogen) atoms. The lowest BCUT2D eigenvalue weighted by atomic mass is 10.3. The summed E-state index contributed by atoms with van der Waals surface area (Å²) in [7, 11) is 0. The van der Waals surface area contributed by atoms with Crippen LogP contribution < -0.4 is 5.73 Å². The Bertz CT molecular complexity index is 308. The lowest BCUT2D eigenvalue weighted by Gasteiger charge is -1.90. The summed E-state index contributed by atoms with van der Waals surface area (Å²) in [4.78, 5) is 11.4. The summed E-state index contributed by atoms with van der Waals surface area (Å²) in [5.41, 5.74) is 6.02. The average Bonchev–Trinajstić information content (AvgIpc) is 2.17. The highest BCUT2D eigenvalue weighted by Crippen LogP contribution is 2.36. The van der Waals surface area contributed by atoms with E-state index in [0.29, 0.717) is 4.88 Å². The van der Waals surface area contributed by atoms with Crippen LogP contribution >= 0.6 is 43.2 Å². The first-order valence-electron chi connectivity index (χ1n) is 2.78. The van der Waals surface area contributed by atoms with Gasteiger partial charge in [0.15, 0.2) is 0 Å². The quantitative estimate of drug-likeness (QED) is 0.851. The molecule has 0 spiro atoms. The fourth-order valence-corrected chi connectivity index (χ4v) is 2.83. The Morgan fingerprint density at radius 1 is 1.55 bits per heavy atom. The Hall–Kier alpha value is 0.130. The molecule has 1 aromatic heterocycles. The molecule has 0 atom stereocenters. The van der Waals surface area contributed by atoms with Crippen LogP contribution in [0.3, 0.4) is 0 Å². The van der Waals surface area contributed by atoms with Crippen molar-refractivity contribution in [2.75, 3.05) is 0 Å². The highest BCUT2D eigenvalue weighted by atomic mass is 79.9. The Morgan fingerprint density at radius 2 is 2.09 bits per heavy atom. The zero-order valence-corrected chi connectivity index (χ0v) is 9.64. The van der Waals surface area contributed by atoms with Crippen molar-refractivity contribution in [2.45, 2.75) is 6.92 Å². The summed E-state index contributed by atoms with van der Waals surface area (Å²) < 4.78 is 1.82. The minimum atomic E-state index is -0.376. The number of carbonyl (C=O) groups is 1. The van der Waals surface area contributed by atoms with Crippen molar-refractivity contribution in [3.63, 3.8) is 0 Å². The summed E-state index contributed by atoms with van der Waals surface area (Å²) in [6.07, 6.45) is 0. The monoisotopic (exact) mass is 297 g/mol. The van der Waals surface area contributed by atoms with E-state index >= 15 is 0 Å². The van der Waals surface area contributed by atoms with Gasteiger partial charge in [-0.3, -0.25) is 4.79 Å². The van der Waals surface area contributed by atoms with Crippen molar-refractivity contribution in [1.29, 1.82) is 0 Å². The fraction of sp³-hybridized carbons (Fsp3) is 0.167. The van der Waals surface area contributed by atoms with Crippen LogP contribution in [0.4, 0.5) is 0 Å². The highest BCUT2D eigenvalue weighted by molar-refractivity contribution is 9.13. The van der Waals surface area contributed by atoms with E-state index < -0.39 is 0 Å². The first-order valence-corrected chi connectivity index (χ1v) is 5.18. The van der Waals surface area contributed by atoms with Crippen molar-refractivity contribution in [3.05, 3.63) is 18.7 Å². The molecule has 2 N–H and O–H groups in total. The largest absolute Gasteiger partial charge is 0.365 e. The first-order chi connectivity index (χ1) is 5.04. The maximum absolute atomic E-state index is 10.8. The predicted octanol–water partition coefficient (Wildman–Crippen LogP) is 2.68. The third kappa shape index (κ3) is 1.65. The van der Waals surface area contributed by atoms with E-state index in [1.165, 1.54) is 11.3 Å². The van der Waals surface area contributed by atoms with E-state index in [9.17, 15) is 4.79 Å². The number of hydrogen-bond donors (Lipinski definition) is 1. The Morgan fingerprint density at radius 3 is 2.27 bits per heavy atom.